The van der Waals surface area contributed by atoms with Gasteiger partial charge in [-0.1, -0.05) is 19.1 Å². The zero-order valence-electron chi connectivity index (χ0n) is 19.2. The van der Waals surface area contributed by atoms with Gasteiger partial charge >= 0.3 is 0 Å². The minimum Gasteiger partial charge on any atom is -0.494 e. The number of rotatable bonds is 10. The normalized spacial score (nSPS) is 18.0. The summed E-state index contributed by atoms with van der Waals surface area (Å²) in [5, 5.41) is 0. The summed E-state index contributed by atoms with van der Waals surface area (Å²) in [6, 6.07) is 7.51. The van der Waals surface area contributed by atoms with Crippen LogP contribution in [0.1, 0.15) is 39.2 Å². The minimum absolute atomic E-state index is 0.132. The number of amides is 2. The van der Waals surface area contributed by atoms with Crippen LogP contribution >= 0.6 is 0 Å². The molecule has 2 aliphatic heterocycles. The number of carbonyl (C=O) groups is 2. The Morgan fingerprint density at radius 3 is 2.26 bits per heavy atom. The van der Waals surface area contributed by atoms with Gasteiger partial charge < -0.3 is 19.3 Å². The van der Waals surface area contributed by atoms with E-state index in [9.17, 15) is 9.59 Å². The molecule has 1 aromatic carbocycles. The summed E-state index contributed by atoms with van der Waals surface area (Å²) < 4.78 is 11.3. The molecule has 0 aromatic heterocycles. The van der Waals surface area contributed by atoms with Gasteiger partial charge in [-0.15, -0.1) is 0 Å². The summed E-state index contributed by atoms with van der Waals surface area (Å²) in [6.45, 7) is 10.8. The monoisotopic (exact) mass is 429 g/mol. The lowest BCUT2D eigenvalue weighted by Gasteiger charge is -2.34. The van der Waals surface area contributed by atoms with E-state index < -0.39 is 0 Å². The van der Waals surface area contributed by atoms with E-state index in [-0.39, 0.29) is 17.9 Å². The number of benzene rings is 1. The molecule has 2 amide bonds. The van der Waals surface area contributed by atoms with Gasteiger partial charge in [-0.2, -0.15) is 0 Å². The van der Waals surface area contributed by atoms with Gasteiger partial charge in [0.25, 0.3) is 11.8 Å². The third-order valence-corrected chi connectivity index (χ3v) is 5.56. The van der Waals surface area contributed by atoms with Crippen molar-refractivity contribution in [1.82, 2.24) is 14.7 Å². The standard InChI is InChI=1S/C24H35N3O4/c1-5-16-31-20-9-7-19(8-10-20)21-22(26-14-12-25(4)13-15-26)24(29)27(23(21)28)11-6-17-30-18(2)3/h7-10,18H,5-6,11-17H2,1-4H3. The molecule has 1 saturated heterocycles. The zero-order valence-corrected chi connectivity index (χ0v) is 19.2. The Morgan fingerprint density at radius 2 is 1.65 bits per heavy atom. The highest BCUT2D eigenvalue weighted by molar-refractivity contribution is 6.35. The van der Waals surface area contributed by atoms with Gasteiger partial charge in [0, 0.05) is 39.3 Å². The van der Waals surface area contributed by atoms with E-state index in [1.54, 1.807) is 0 Å². The topological polar surface area (TPSA) is 62.3 Å². The molecule has 31 heavy (non-hydrogen) atoms. The van der Waals surface area contributed by atoms with Crippen molar-refractivity contribution < 1.29 is 19.1 Å². The quantitative estimate of drug-likeness (QED) is 0.421. The van der Waals surface area contributed by atoms with Gasteiger partial charge in [0.1, 0.15) is 11.4 Å². The molecule has 2 heterocycles. The molecule has 1 aromatic rings. The largest absolute Gasteiger partial charge is 0.494 e. The van der Waals surface area contributed by atoms with Crippen molar-refractivity contribution in [1.29, 1.82) is 0 Å². The van der Waals surface area contributed by atoms with Gasteiger partial charge in [0.15, 0.2) is 0 Å². The van der Waals surface area contributed by atoms with E-state index in [0.717, 1.165) is 43.9 Å². The second kappa shape index (κ2) is 10.8. The summed E-state index contributed by atoms with van der Waals surface area (Å²) in [5.74, 6) is 0.359. The Hall–Kier alpha value is -2.38. The maximum absolute atomic E-state index is 13.4. The molecular formula is C24H35N3O4. The van der Waals surface area contributed by atoms with Crippen molar-refractivity contribution in [2.24, 2.45) is 0 Å². The van der Waals surface area contributed by atoms with Crippen molar-refractivity contribution in [2.75, 3.05) is 53.0 Å². The van der Waals surface area contributed by atoms with E-state index in [4.69, 9.17) is 9.47 Å². The molecule has 7 nitrogen and oxygen atoms in total. The van der Waals surface area contributed by atoms with E-state index in [0.29, 0.717) is 37.4 Å². The van der Waals surface area contributed by atoms with Crippen LogP contribution in [0.3, 0.4) is 0 Å². The molecule has 0 saturated carbocycles. The number of imide groups is 1. The molecule has 0 radical (unpaired) electrons. The molecule has 0 bridgehead atoms. The predicted octanol–water partition coefficient (Wildman–Crippen LogP) is 2.62. The Labute approximate surface area is 185 Å². The molecule has 0 aliphatic carbocycles. The van der Waals surface area contributed by atoms with E-state index in [1.165, 1.54) is 4.90 Å². The number of hydrogen-bond donors (Lipinski definition) is 0. The first-order valence-corrected chi connectivity index (χ1v) is 11.3. The maximum atomic E-state index is 13.4. The van der Waals surface area contributed by atoms with Crippen molar-refractivity contribution in [2.45, 2.75) is 39.7 Å². The summed E-state index contributed by atoms with van der Waals surface area (Å²) in [4.78, 5) is 32.4. The van der Waals surface area contributed by atoms with Gasteiger partial charge in [-0.3, -0.25) is 14.5 Å². The summed E-state index contributed by atoms with van der Waals surface area (Å²) in [5.41, 5.74) is 1.79. The Kier molecular flexibility index (Phi) is 8.09. The van der Waals surface area contributed by atoms with Crippen LogP contribution in [0, 0.1) is 0 Å². The summed E-state index contributed by atoms with van der Waals surface area (Å²) in [6.07, 6.45) is 1.69. The molecule has 3 rings (SSSR count). The predicted molar refractivity (Wildman–Crippen MR) is 121 cm³/mol. The van der Waals surface area contributed by atoms with Gasteiger partial charge in [-0.05, 0) is 51.4 Å². The van der Waals surface area contributed by atoms with Crippen LogP contribution in [0.4, 0.5) is 0 Å². The number of piperazine rings is 1. The first kappa shape index (κ1) is 23.3. The number of hydrogen-bond acceptors (Lipinski definition) is 6. The van der Waals surface area contributed by atoms with Crippen LogP contribution in [0.15, 0.2) is 30.0 Å². The van der Waals surface area contributed by atoms with E-state index >= 15 is 0 Å². The number of nitrogens with zero attached hydrogens (tertiary/aromatic N) is 3. The zero-order chi connectivity index (χ0) is 22.4. The minimum atomic E-state index is -0.217. The average Bonchev–Trinajstić information content (AvgIpc) is 3.00. The SMILES string of the molecule is CCCOc1ccc(C2=C(N3CCN(C)CC3)C(=O)N(CCCOC(C)C)C2=O)cc1. The number of likely N-dealkylation sites (N-methyl/N-ethyl adjacent to an activating group) is 1. The molecule has 0 atom stereocenters. The molecule has 7 heteroatoms. The van der Waals surface area contributed by atoms with Crippen LogP contribution in [-0.2, 0) is 14.3 Å². The molecule has 0 N–H and O–H groups in total. The first-order valence-electron chi connectivity index (χ1n) is 11.3. The lowest BCUT2D eigenvalue weighted by molar-refractivity contribution is -0.137. The van der Waals surface area contributed by atoms with Crippen LogP contribution < -0.4 is 4.74 Å². The number of carbonyl (C=O) groups excluding carboxylic acids is 2. The van der Waals surface area contributed by atoms with Gasteiger partial charge in [0.05, 0.1) is 18.3 Å². The molecule has 2 aliphatic rings. The fourth-order valence-electron chi connectivity index (χ4n) is 3.83. The van der Waals surface area contributed by atoms with Crippen LogP contribution in [0.25, 0.3) is 5.57 Å². The fraction of sp³-hybridized carbons (Fsp3) is 0.583. The molecule has 0 unspecified atom stereocenters. The van der Waals surface area contributed by atoms with Crippen molar-refractivity contribution >= 4 is 17.4 Å². The molecule has 0 spiro atoms. The van der Waals surface area contributed by atoms with E-state index in [1.807, 2.05) is 38.1 Å². The highest BCUT2D eigenvalue weighted by Crippen LogP contribution is 2.33. The van der Waals surface area contributed by atoms with Crippen molar-refractivity contribution in [3.05, 3.63) is 35.5 Å². The highest BCUT2D eigenvalue weighted by atomic mass is 16.5. The number of ether oxygens (including phenoxy) is 2. The second-order valence-corrected chi connectivity index (χ2v) is 8.42. The smallest absolute Gasteiger partial charge is 0.277 e. The fourth-order valence-corrected chi connectivity index (χ4v) is 3.83. The van der Waals surface area contributed by atoms with Gasteiger partial charge in [-0.25, -0.2) is 0 Å². The summed E-state index contributed by atoms with van der Waals surface area (Å²) in [7, 11) is 2.07. The second-order valence-electron chi connectivity index (χ2n) is 8.42. The molecule has 1 fully saturated rings. The lowest BCUT2D eigenvalue weighted by Crippen LogP contribution is -2.46. The third-order valence-electron chi connectivity index (χ3n) is 5.56. The lowest BCUT2D eigenvalue weighted by atomic mass is 10.0. The van der Waals surface area contributed by atoms with Crippen LogP contribution in [0.5, 0.6) is 5.75 Å². The van der Waals surface area contributed by atoms with Crippen molar-refractivity contribution in [3.63, 3.8) is 0 Å². The Balaban J connectivity index is 1.84. The summed E-state index contributed by atoms with van der Waals surface area (Å²) >= 11 is 0. The van der Waals surface area contributed by atoms with Crippen LogP contribution in [0.2, 0.25) is 0 Å². The Morgan fingerprint density at radius 1 is 0.968 bits per heavy atom. The Bertz CT molecular complexity index is 796. The molecule has 170 valence electrons. The highest BCUT2D eigenvalue weighted by Gasteiger charge is 2.41. The third kappa shape index (κ3) is 5.66. The van der Waals surface area contributed by atoms with Gasteiger partial charge in [0.2, 0.25) is 0 Å². The van der Waals surface area contributed by atoms with E-state index in [2.05, 4.69) is 23.8 Å². The first-order chi connectivity index (χ1) is 14.9. The maximum Gasteiger partial charge on any atom is 0.277 e. The molecular weight excluding hydrogens is 394 g/mol. The van der Waals surface area contributed by atoms with Crippen molar-refractivity contribution in [3.8, 4) is 5.75 Å². The van der Waals surface area contributed by atoms with Crippen LogP contribution in [-0.4, -0.2) is 85.6 Å². The average molecular weight is 430 g/mol.